The Balaban J connectivity index is 2.86. The van der Waals surface area contributed by atoms with Gasteiger partial charge in [0.15, 0.2) is 0 Å². The van der Waals surface area contributed by atoms with Gasteiger partial charge in [0.05, 0.1) is 0 Å². The number of nitrogens with one attached hydrogen (secondary N) is 1. The SMILES string of the molecule is CNCC1(C(N(C)C)C(C)(C)C)CCC1. The fraction of sp³-hybridized carbons (Fsp3) is 1.00. The molecule has 1 aliphatic carbocycles. The molecule has 0 aromatic carbocycles. The molecule has 0 spiro atoms. The van der Waals surface area contributed by atoms with Crippen LogP contribution < -0.4 is 5.32 Å². The van der Waals surface area contributed by atoms with Crippen molar-refractivity contribution in [3.05, 3.63) is 0 Å². The molecule has 1 rings (SSSR count). The normalized spacial score (nSPS) is 22.6. The van der Waals surface area contributed by atoms with Crippen LogP contribution >= 0.6 is 0 Å². The molecule has 0 bridgehead atoms. The Kier molecular flexibility index (Phi) is 3.83. The minimum Gasteiger partial charge on any atom is -0.319 e. The van der Waals surface area contributed by atoms with E-state index in [1.165, 1.54) is 19.3 Å². The van der Waals surface area contributed by atoms with E-state index in [-0.39, 0.29) is 0 Å². The van der Waals surface area contributed by atoms with E-state index in [9.17, 15) is 0 Å². The third-order valence-corrected chi connectivity index (χ3v) is 3.79. The quantitative estimate of drug-likeness (QED) is 0.769. The Bertz CT molecular complexity index is 199. The predicted molar refractivity (Wildman–Crippen MR) is 67.1 cm³/mol. The molecule has 2 heteroatoms. The molecule has 0 aliphatic heterocycles. The van der Waals surface area contributed by atoms with Crippen molar-refractivity contribution >= 4 is 0 Å². The second-order valence-electron chi connectivity index (χ2n) is 6.48. The van der Waals surface area contributed by atoms with Crippen molar-refractivity contribution in [3.8, 4) is 0 Å². The lowest BCUT2D eigenvalue weighted by Crippen LogP contribution is -2.58. The monoisotopic (exact) mass is 212 g/mol. The van der Waals surface area contributed by atoms with E-state index < -0.39 is 0 Å². The summed E-state index contributed by atoms with van der Waals surface area (Å²) in [6.07, 6.45) is 4.17. The standard InChI is InChI=1S/C13H28N2/c1-12(2,3)11(15(5)6)13(10-14-4)8-7-9-13/h11,14H,7-10H2,1-6H3. The van der Waals surface area contributed by atoms with Gasteiger partial charge in [-0.3, -0.25) is 0 Å². The molecule has 1 N–H and O–H groups in total. The predicted octanol–water partition coefficient (Wildman–Crippen LogP) is 2.35. The van der Waals surface area contributed by atoms with Crippen LogP contribution in [-0.2, 0) is 0 Å². The van der Waals surface area contributed by atoms with Gasteiger partial charge in [0.25, 0.3) is 0 Å². The maximum atomic E-state index is 3.39. The molecular weight excluding hydrogens is 184 g/mol. The second-order valence-corrected chi connectivity index (χ2v) is 6.48. The van der Waals surface area contributed by atoms with E-state index >= 15 is 0 Å². The summed E-state index contributed by atoms with van der Waals surface area (Å²) in [5.41, 5.74) is 0.872. The summed E-state index contributed by atoms with van der Waals surface area (Å²) in [6.45, 7) is 8.27. The number of nitrogens with zero attached hydrogens (tertiary/aromatic N) is 1. The van der Waals surface area contributed by atoms with Gasteiger partial charge in [-0.05, 0) is 44.8 Å². The van der Waals surface area contributed by atoms with Crippen LogP contribution in [0.4, 0.5) is 0 Å². The van der Waals surface area contributed by atoms with Crippen molar-refractivity contribution < 1.29 is 0 Å². The minimum atomic E-state index is 0.362. The van der Waals surface area contributed by atoms with Crippen LogP contribution in [-0.4, -0.2) is 38.6 Å². The van der Waals surface area contributed by atoms with Crippen LogP contribution in [0.2, 0.25) is 0 Å². The Morgan fingerprint density at radius 2 is 1.80 bits per heavy atom. The Hall–Kier alpha value is -0.0800. The van der Waals surface area contributed by atoms with E-state index in [2.05, 4.69) is 52.1 Å². The van der Waals surface area contributed by atoms with Gasteiger partial charge in [0.1, 0.15) is 0 Å². The molecule has 0 heterocycles. The minimum absolute atomic E-state index is 0.362. The Labute approximate surface area is 95.4 Å². The smallest absolute Gasteiger partial charge is 0.0206 e. The number of hydrogen-bond acceptors (Lipinski definition) is 2. The first kappa shape index (κ1) is 13.0. The van der Waals surface area contributed by atoms with Crippen molar-refractivity contribution in [2.45, 2.75) is 46.1 Å². The third kappa shape index (κ3) is 2.54. The molecule has 15 heavy (non-hydrogen) atoms. The average molecular weight is 212 g/mol. The molecule has 1 saturated carbocycles. The Morgan fingerprint density at radius 1 is 1.27 bits per heavy atom. The molecule has 1 fully saturated rings. The lowest BCUT2D eigenvalue weighted by Gasteiger charge is -2.55. The molecule has 90 valence electrons. The molecule has 1 unspecified atom stereocenters. The van der Waals surface area contributed by atoms with E-state index in [1.807, 2.05) is 0 Å². The summed E-state index contributed by atoms with van der Waals surface area (Å²) in [7, 11) is 6.53. The van der Waals surface area contributed by atoms with E-state index in [0.717, 1.165) is 6.54 Å². The van der Waals surface area contributed by atoms with Crippen molar-refractivity contribution in [1.29, 1.82) is 0 Å². The summed E-state index contributed by atoms with van der Waals surface area (Å²) < 4.78 is 0. The van der Waals surface area contributed by atoms with Gasteiger partial charge in [-0.15, -0.1) is 0 Å². The highest BCUT2D eigenvalue weighted by Crippen LogP contribution is 2.50. The molecule has 0 aromatic heterocycles. The van der Waals surface area contributed by atoms with Crippen molar-refractivity contribution in [1.82, 2.24) is 10.2 Å². The summed E-state index contributed by atoms with van der Waals surface area (Å²) in [4.78, 5) is 2.43. The number of rotatable bonds is 4. The molecule has 0 aromatic rings. The second kappa shape index (κ2) is 4.42. The highest BCUT2D eigenvalue weighted by atomic mass is 15.1. The molecule has 0 amide bonds. The first-order valence-electron chi connectivity index (χ1n) is 6.14. The zero-order chi connectivity index (χ0) is 11.7. The van der Waals surface area contributed by atoms with E-state index in [0.29, 0.717) is 16.9 Å². The maximum absolute atomic E-state index is 3.39. The van der Waals surface area contributed by atoms with Gasteiger partial charge in [-0.2, -0.15) is 0 Å². The van der Waals surface area contributed by atoms with Gasteiger partial charge in [0, 0.05) is 12.6 Å². The van der Waals surface area contributed by atoms with Crippen LogP contribution in [0.3, 0.4) is 0 Å². The van der Waals surface area contributed by atoms with E-state index in [4.69, 9.17) is 0 Å². The van der Waals surface area contributed by atoms with Gasteiger partial charge in [0.2, 0.25) is 0 Å². The van der Waals surface area contributed by atoms with Crippen LogP contribution in [0.1, 0.15) is 40.0 Å². The largest absolute Gasteiger partial charge is 0.319 e. The van der Waals surface area contributed by atoms with Crippen molar-refractivity contribution in [2.24, 2.45) is 10.8 Å². The van der Waals surface area contributed by atoms with Crippen LogP contribution in [0, 0.1) is 10.8 Å². The maximum Gasteiger partial charge on any atom is 0.0206 e. The first-order chi connectivity index (χ1) is 6.83. The molecule has 0 radical (unpaired) electrons. The summed E-state index contributed by atoms with van der Waals surface area (Å²) in [5.74, 6) is 0. The highest BCUT2D eigenvalue weighted by Gasteiger charge is 2.49. The Morgan fingerprint density at radius 3 is 2.00 bits per heavy atom. The van der Waals surface area contributed by atoms with E-state index in [1.54, 1.807) is 0 Å². The molecule has 1 aliphatic rings. The molecule has 2 nitrogen and oxygen atoms in total. The van der Waals surface area contributed by atoms with Gasteiger partial charge < -0.3 is 10.2 Å². The summed E-state index contributed by atoms with van der Waals surface area (Å²) in [5, 5.41) is 3.39. The van der Waals surface area contributed by atoms with Crippen LogP contribution in [0.15, 0.2) is 0 Å². The lowest BCUT2D eigenvalue weighted by atomic mass is 9.57. The number of hydrogen-bond donors (Lipinski definition) is 1. The van der Waals surface area contributed by atoms with Crippen molar-refractivity contribution in [3.63, 3.8) is 0 Å². The highest BCUT2D eigenvalue weighted by molar-refractivity contribution is 5.03. The summed E-state index contributed by atoms with van der Waals surface area (Å²) in [6, 6.07) is 0.672. The fourth-order valence-corrected chi connectivity index (χ4v) is 3.77. The first-order valence-corrected chi connectivity index (χ1v) is 6.14. The third-order valence-electron chi connectivity index (χ3n) is 3.79. The van der Waals surface area contributed by atoms with Gasteiger partial charge in [-0.25, -0.2) is 0 Å². The zero-order valence-corrected chi connectivity index (χ0v) is 11.4. The topological polar surface area (TPSA) is 15.3 Å². The zero-order valence-electron chi connectivity index (χ0n) is 11.4. The molecular formula is C13H28N2. The molecule has 1 atom stereocenters. The average Bonchev–Trinajstić information content (AvgIpc) is 1.96. The fourth-order valence-electron chi connectivity index (χ4n) is 3.77. The van der Waals surface area contributed by atoms with Crippen molar-refractivity contribution in [2.75, 3.05) is 27.7 Å². The molecule has 0 saturated heterocycles. The summed E-state index contributed by atoms with van der Waals surface area (Å²) >= 11 is 0. The van der Waals surface area contributed by atoms with Crippen LogP contribution in [0.5, 0.6) is 0 Å². The van der Waals surface area contributed by atoms with Gasteiger partial charge >= 0.3 is 0 Å². The lowest BCUT2D eigenvalue weighted by molar-refractivity contribution is -0.0356. The van der Waals surface area contributed by atoms with Gasteiger partial charge in [-0.1, -0.05) is 27.2 Å². The van der Waals surface area contributed by atoms with Crippen LogP contribution in [0.25, 0.3) is 0 Å².